The van der Waals surface area contributed by atoms with E-state index in [1.165, 1.54) is 0 Å². The number of hydrogen-bond acceptors (Lipinski definition) is 4. The molecule has 0 radical (unpaired) electrons. The number of rotatable bonds is 7. The number of amides is 2. The third kappa shape index (κ3) is 5.74. The summed E-state index contributed by atoms with van der Waals surface area (Å²) < 4.78 is 11.2. The van der Waals surface area contributed by atoms with Gasteiger partial charge in [0, 0.05) is 5.56 Å². The van der Waals surface area contributed by atoms with Gasteiger partial charge < -0.3 is 9.47 Å². The number of carbonyl (C=O) groups is 2. The van der Waals surface area contributed by atoms with Crippen LogP contribution in [0.2, 0.25) is 0 Å². The van der Waals surface area contributed by atoms with Gasteiger partial charge in [-0.1, -0.05) is 19.1 Å². The van der Waals surface area contributed by atoms with Crippen LogP contribution >= 0.6 is 0 Å². The first-order chi connectivity index (χ1) is 12.9. The Morgan fingerprint density at radius 3 is 2.41 bits per heavy atom. The van der Waals surface area contributed by atoms with Gasteiger partial charge in [-0.3, -0.25) is 20.4 Å². The van der Waals surface area contributed by atoms with Crippen LogP contribution in [0.25, 0.3) is 0 Å². The molecule has 0 bridgehead atoms. The minimum Gasteiger partial charge on any atom is -0.494 e. The van der Waals surface area contributed by atoms with Crippen molar-refractivity contribution in [3.05, 3.63) is 59.2 Å². The molecule has 0 fully saturated rings. The lowest BCUT2D eigenvalue weighted by atomic mass is 10.1. The van der Waals surface area contributed by atoms with Crippen molar-refractivity contribution >= 4 is 11.8 Å². The Balaban J connectivity index is 1.86. The zero-order chi connectivity index (χ0) is 19.8. The molecule has 0 heterocycles. The molecule has 2 aromatic carbocycles. The lowest BCUT2D eigenvalue weighted by molar-refractivity contribution is -0.128. The van der Waals surface area contributed by atoms with Crippen LogP contribution in [-0.2, 0) is 4.79 Å². The highest BCUT2D eigenvalue weighted by Gasteiger charge is 2.17. The predicted octanol–water partition coefficient (Wildman–Crippen LogP) is 3.32. The Morgan fingerprint density at radius 1 is 1.04 bits per heavy atom. The molecule has 2 aromatic rings. The van der Waals surface area contributed by atoms with Crippen molar-refractivity contribution in [2.45, 2.75) is 40.2 Å². The van der Waals surface area contributed by atoms with Crippen molar-refractivity contribution in [3.63, 3.8) is 0 Å². The molecule has 0 aliphatic rings. The number of carbonyl (C=O) groups excluding carboxylic acids is 2. The van der Waals surface area contributed by atoms with Gasteiger partial charge in [-0.2, -0.15) is 0 Å². The zero-order valence-corrected chi connectivity index (χ0v) is 16.2. The number of hydrogen-bond donors (Lipinski definition) is 2. The molecule has 0 saturated carbocycles. The SMILES string of the molecule is CCCOc1ccc(C(=O)NNC(=O)C(C)Oc2cccc(C)c2C)cc1. The second-order valence-corrected chi connectivity index (χ2v) is 6.27. The molecule has 2 amide bonds. The largest absolute Gasteiger partial charge is 0.494 e. The Bertz CT molecular complexity index is 787. The molecule has 1 atom stereocenters. The standard InChI is InChI=1S/C21H26N2O4/c1-5-13-26-18-11-9-17(10-12-18)21(25)23-22-20(24)16(4)27-19-8-6-7-14(2)15(19)3/h6-12,16H,5,13H2,1-4H3,(H,22,24)(H,23,25). The van der Waals surface area contributed by atoms with Gasteiger partial charge >= 0.3 is 0 Å². The van der Waals surface area contributed by atoms with Gasteiger partial charge in [0.15, 0.2) is 6.10 Å². The second-order valence-electron chi connectivity index (χ2n) is 6.27. The van der Waals surface area contributed by atoms with Gasteiger partial charge in [-0.25, -0.2) is 0 Å². The van der Waals surface area contributed by atoms with E-state index >= 15 is 0 Å². The number of benzene rings is 2. The monoisotopic (exact) mass is 370 g/mol. The smallest absolute Gasteiger partial charge is 0.279 e. The summed E-state index contributed by atoms with van der Waals surface area (Å²) in [6.07, 6.45) is 0.159. The topological polar surface area (TPSA) is 76.7 Å². The minimum absolute atomic E-state index is 0.413. The van der Waals surface area contributed by atoms with Crippen molar-refractivity contribution in [3.8, 4) is 11.5 Å². The first-order valence-corrected chi connectivity index (χ1v) is 8.98. The van der Waals surface area contributed by atoms with E-state index in [2.05, 4.69) is 10.9 Å². The fourth-order valence-electron chi connectivity index (χ4n) is 2.31. The van der Waals surface area contributed by atoms with E-state index in [1.807, 2.05) is 39.0 Å². The van der Waals surface area contributed by atoms with Crippen molar-refractivity contribution in [1.29, 1.82) is 0 Å². The molecular weight excluding hydrogens is 344 g/mol. The van der Waals surface area contributed by atoms with E-state index in [0.717, 1.165) is 17.5 Å². The van der Waals surface area contributed by atoms with E-state index in [1.54, 1.807) is 31.2 Å². The summed E-state index contributed by atoms with van der Waals surface area (Å²) >= 11 is 0. The van der Waals surface area contributed by atoms with Crippen molar-refractivity contribution < 1.29 is 19.1 Å². The van der Waals surface area contributed by atoms with Crippen LogP contribution in [0.1, 0.15) is 41.8 Å². The molecule has 1 unspecified atom stereocenters. The summed E-state index contributed by atoms with van der Waals surface area (Å²) in [5.74, 6) is 0.496. The second kappa shape index (κ2) is 9.62. The van der Waals surface area contributed by atoms with Crippen LogP contribution in [0.5, 0.6) is 11.5 Å². The minimum atomic E-state index is -0.754. The van der Waals surface area contributed by atoms with Gasteiger partial charge in [-0.15, -0.1) is 0 Å². The van der Waals surface area contributed by atoms with Crippen molar-refractivity contribution in [2.24, 2.45) is 0 Å². The average Bonchev–Trinajstić information content (AvgIpc) is 2.68. The highest BCUT2D eigenvalue weighted by molar-refractivity contribution is 5.95. The molecule has 2 rings (SSSR count). The van der Waals surface area contributed by atoms with E-state index < -0.39 is 17.9 Å². The van der Waals surface area contributed by atoms with Crippen LogP contribution < -0.4 is 20.3 Å². The highest BCUT2D eigenvalue weighted by atomic mass is 16.5. The zero-order valence-electron chi connectivity index (χ0n) is 16.2. The first-order valence-electron chi connectivity index (χ1n) is 8.98. The Morgan fingerprint density at radius 2 is 1.74 bits per heavy atom. The third-order valence-corrected chi connectivity index (χ3v) is 4.12. The van der Waals surface area contributed by atoms with Crippen LogP contribution in [0.15, 0.2) is 42.5 Å². The molecule has 0 saturated heterocycles. The lowest BCUT2D eigenvalue weighted by Gasteiger charge is -2.17. The summed E-state index contributed by atoms with van der Waals surface area (Å²) in [4.78, 5) is 24.3. The van der Waals surface area contributed by atoms with E-state index in [9.17, 15) is 9.59 Å². The molecule has 6 heteroatoms. The van der Waals surface area contributed by atoms with E-state index in [0.29, 0.717) is 23.7 Å². The quantitative estimate of drug-likeness (QED) is 0.733. The van der Waals surface area contributed by atoms with Crippen molar-refractivity contribution in [1.82, 2.24) is 10.9 Å². The maximum atomic E-state index is 12.2. The van der Waals surface area contributed by atoms with E-state index in [4.69, 9.17) is 9.47 Å². The maximum absolute atomic E-state index is 12.2. The molecule has 0 spiro atoms. The molecule has 0 aliphatic carbocycles. The Kier molecular flexibility index (Phi) is 7.23. The highest BCUT2D eigenvalue weighted by Crippen LogP contribution is 2.21. The van der Waals surface area contributed by atoms with Gasteiger partial charge in [0.1, 0.15) is 11.5 Å². The molecule has 144 valence electrons. The fraction of sp³-hybridized carbons (Fsp3) is 0.333. The lowest BCUT2D eigenvalue weighted by Crippen LogP contribution is -2.47. The summed E-state index contributed by atoms with van der Waals surface area (Å²) in [5, 5.41) is 0. The van der Waals surface area contributed by atoms with Gasteiger partial charge in [0.05, 0.1) is 6.61 Å². The number of ether oxygens (including phenoxy) is 2. The normalized spacial score (nSPS) is 11.4. The molecular formula is C21H26N2O4. The third-order valence-electron chi connectivity index (χ3n) is 4.12. The van der Waals surface area contributed by atoms with Crippen LogP contribution in [0, 0.1) is 13.8 Å². The number of aryl methyl sites for hydroxylation is 1. The number of nitrogens with one attached hydrogen (secondary N) is 2. The first kappa shape index (κ1) is 20.3. The van der Waals surface area contributed by atoms with Crippen LogP contribution in [-0.4, -0.2) is 24.5 Å². The average molecular weight is 370 g/mol. The summed E-state index contributed by atoms with van der Waals surface area (Å²) in [6, 6.07) is 12.4. The van der Waals surface area contributed by atoms with E-state index in [-0.39, 0.29) is 0 Å². The summed E-state index contributed by atoms with van der Waals surface area (Å²) in [7, 11) is 0. The maximum Gasteiger partial charge on any atom is 0.279 e. The molecule has 27 heavy (non-hydrogen) atoms. The Hall–Kier alpha value is -3.02. The summed E-state index contributed by atoms with van der Waals surface area (Å²) in [5.41, 5.74) is 7.26. The van der Waals surface area contributed by atoms with Gasteiger partial charge in [0.25, 0.3) is 11.8 Å². The molecule has 2 N–H and O–H groups in total. The Labute approximate surface area is 159 Å². The molecule has 0 aliphatic heterocycles. The van der Waals surface area contributed by atoms with Crippen LogP contribution in [0.3, 0.4) is 0 Å². The van der Waals surface area contributed by atoms with Crippen LogP contribution in [0.4, 0.5) is 0 Å². The number of hydrazine groups is 1. The van der Waals surface area contributed by atoms with Gasteiger partial charge in [0.2, 0.25) is 0 Å². The van der Waals surface area contributed by atoms with Gasteiger partial charge in [-0.05, 0) is 68.7 Å². The fourth-order valence-corrected chi connectivity index (χ4v) is 2.31. The predicted molar refractivity (Wildman–Crippen MR) is 104 cm³/mol. The summed E-state index contributed by atoms with van der Waals surface area (Å²) in [6.45, 7) is 8.19. The molecule has 6 nitrogen and oxygen atoms in total. The van der Waals surface area contributed by atoms with Crippen molar-refractivity contribution in [2.75, 3.05) is 6.61 Å². The molecule has 0 aromatic heterocycles.